The summed E-state index contributed by atoms with van der Waals surface area (Å²) in [6, 6.07) is 5.22. The normalized spacial score (nSPS) is 19.7. The van der Waals surface area contributed by atoms with Crippen LogP contribution in [-0.4, -0.2) is 32.7 Å². The van der Waals surface area contributed by atoms with E-state index in [1.165, 1.54) is 18.2 Å². The van der Waals surface area contributed by atoms with Crippen LogP contribution in [0.4, 0.5) is 18.4 Å². The van der Waals surface area contributed by atoms with Gasteiger partial charge in [-0.15, -0.1) is 3.89 Å². The summed E-state index contributed by atoms with van der Waals surface area (Å²) in [6.07, 6.45) is -0.473. The Bertz CT molecular complexity index is 620. The Morgan fingerprint density at radius 3 is 2.60 bits per heavy atom. The van der Waals surface area contributed by atoms with Gasteiger partial charge < -0.3 is 9.64 Å². The van der Waals surface area contributed by atoms with Gasteiger partial charge in [-0.1, -0.05) is 6.07 Å². The molecule has 5 nitrogen and oxygen atoms in total. The maximum absolute atomic E-state index is 12.9. The molecule has 1 aromatic rings. The summed E-state index contributed by atoms with van der Waals surface area (Å²) in [6.45, 7) is -3.37. The number of alkyl halides is 2. The molecule has 0 spiro atoms. The molecule has 0 aliphatic carbocycles. The second-order valence-corrected chi connectivity index (χ2v) is 5.80. The van der Waals surface area contributed by atoms with Gasteiger partial charge in [0.2, 0.25) is 5.91 Å². The third-order valence-electron chi connectivity index (χ3n) is 2.84. The van der Waals surface area contributed by atoms with Crippen molar-refractivity contribution in [3.8, 4) is 5.75 Å². The van der Waals surface area contributed by atoms with Gasteiger partial charge in [-0.2, -0.15) is 17.2 Å². The van der Waals surface area contributed by atoms with Crippen molar-refractivity contribution in [3.63, 3.8) is 0 Å². The van der Waals surface area contributed by atoms with Crippen molar-refractivity contribution in [2.24, 2.45) is 0 Å². The molecule has 0 saturated carbocycles. The maximum Gasteiger partial charge on any atom is 0.387 e. The summed E-state index contributed by atoms with van der Waals surface area (Å²) in [5.74, 6) is -0.762. The average Bonchev–Trinajstić information content (AvgIpc) is 2.70. The van der Waals surface area contributed by atoms with Crippen LogP contribution in [-0.2, 0) is 15.0 Å². The lowest BCUT2D eigenvalue weighted by Crippen LogP contribution is -2.26. The van der Waals surface area contributed by atoms with E-state index in [2.05, 4.69) is 4.74 Å². The van der Waals surface area contributed by atoms with Crippen LogP contribution in [0.3, 0.4) is 0 Å². The second kappa shape index (κ2) is 5.31. The Labute approximate surface area is 113 Å². The largest absolute Gasteiger partial charge is 0.435 e. The van der Waals surface area contributed by atoms with Crippen molar-refractivity contribution in [2.45, 2.75) is 18.3 Å². The Morgan fingerprint density at radius 2 is 2.05 bits per heavy atom. The molecular formula is C11H10F3NO4S. The van der Waals surface area contributed by atoms with E-state index in [-0.39, 0.29) is 18.0 Å². The smallest absolute Gasteiger partial charge is 0.387 e. The molecule has 110 valence electrons. The van der Waals surface area contributed by atoms with Crippen molar-refractivity contribution in [3.05, 3.63) is 24.3 Å². The number of anilines is 1. The van der Waals surface area contributed by atoms with Crippen LogP contribution in [0.25, 0.3) is 0 Å². The fourth-order valence-corrected chi connectivity index (χ4v) is 2.61. The third kappa shape index (κ3) is 3.21. The summed E-state index contributed by atoms with van der Waals surface area (Å²) in [5.41, 5.74) is 0.180. The van der Waals surface area contributed by atoms with Gasteiger partial charge in [0, 0.05) is 24.7 Å². The topological polar surface area (TPSA) is 63.7 Å². The summed E-state index contributed by atoms with van der Waals surface area (Å²) < 4.78 is 62.8. The average molecular weight is 309 g/mol. The maximum atomic E-state index is 12.9. The van der Waals surface area contributed by atoms with E-state index in [1.54, 1.807) is 0 Å². The molecule has 1 atom stereocenters. The fourth-order valence-electron chi connectivity index (χ4n) is 1.94. The zero-order chi connectivity index (χ0) is 14.9. The highest BCUT2D eigenvalue weighted by molar-refractivity contribution is 7.87. The number of carbonyl (C=O) groups excluding carboxylic acids is 1. The standard InChI is InChI=1S/C11H10F3NO4S/c12-11(13)19-8-3-1-2-7(4-8)15-6-9(5-10(15)16)20(14,17)18/h1-4,9,11H,5-6H2. The van der Waals surface area contributed by atoms with Crippen molar-refractivity contribution in [1.29, 1.82) is 0 Å². The predicted octanol–water partition coefficient (Wildman–Crippen LogP) is 1.69. The minimum absolute atomic E-state index is 0.170. The quantitative estimate of drug-likeness (QED) is 0.794. The number of amides is 1. The van der Waals surface area contributed by atoms with E-state index in [0.29, 0.717) is 0 Å². The van der Waals surface area contributed by atoms with Gasteiger partial charge in [0.25, 0.3) is 0 Å². The lowest BCUT2D eigenvalue weighted by Gasteiger charge is -2.17. The van der Waals surface area contributed by atoms with Gasteiger partial charge >= 0.3 is 16.8 Å². The molecular weight excluding hydrogens is 299 g/mol. The molecule has 1 aromatic carbocycles. The van der Waals surface area contributed by atoms with Crippen LogP contribution in [0.5, 0.6) is 5.75 Å². The van der Waals surface area contributed by atoms with E-state index < -0.39 is 34.4 Å². The number of rotatable bonds is 4. The number of hydrogen-bond donors (Lipinski definition) is 0. The van der Waals surface area contributed by atoms with Gasteiger partial charge in [-0.3, -0.25) is 4.79 Å². The highest BCUT2D eigenvalue weighted by Gasteiger charge is 2.39. The first kappa shape index (κ1) is 14.6. The number of ether oxygens (including phenoxy) is 1. The molecule has 0 N–H and O–H groups in total. The highest BCUT2D eigenvalue weighted by Crippen LogP contribution is 2.28. The zero-order valence-corrected chi connectivity index (χ0v) is 10.8. The van der Waals surface area contributed by atoms with Gasteiger partial charge in [0.15, 0.2) is 0 Å². The molecule has 1 aliphatic rings. The predicted molar refractivity (Wildman–Crippen MR) is 63.9 cm³/mol. The molecule has 1 amide bonds. The van der Waals surface area contributed by atoms with Crippen LogP contribution in [0.15, 0.2) is 24.3 Å². The minimum atomic E-state index is -4.82. The molecule has 0 radical (unpaired) electrons. The summed E-state index contributed by atoms with van der Waals surface area (Å²) in [7, 11) is -4.82. The van der Waals surface area contributed by atoms with Crippen LogP contribution >= 0.6 is 0 Å². The van der Waals surface area contributed by atoms with Crippen LogP contribution in [0.1, 0.15) is 6.42 Å². The summed E-state index contributed by atoms with van der Waals surface area (Å²) in [5, 5.41) is -1.44. The SMILES string of the molecule is O=C1CC(S(=O)(=O)F)CN1c1cccc(OC(F)F)c1. The number of hydrogen-bond acceptors (Lipinski definition) is 4. The molecule has 1 aliphatic heterocycles. The molecule has 20 heavy (non-hydrogen) atoms. The first-order valence-corrected chi connectivity index (χ1v) is 7.01. The molecule has 9 heteroatoms. The Balaban J connectivity index is 2.22. The van der Waals surface area contributed by atoms with E-state index in [0.717, 1.165) is 11.0 Å². The van der Waals surface area contributed by atoms with Crippen molar-refractivity contribution in [1.82, 2.24) is 0 Å². The Hall–Kier alpha value is -1.77. The van der Waals surface area contributed by atoms with Crippen LogP contribution in [0, 0.1) is 0 Å². The summed E-state index contributed by atoms with van der Waals surface area (Å²) >= 11 is 0. The molecule has 1 saturated heterocycles. The number of halogens is 3. The van der Waals surface area contributed by atoms with Gasteiger partial charge in [-0.05, 0) is 12.1 Å². The monoisotopic (exact) mass is 309 g/mol. The minimum Gasteiger partial charge on any atom is -0.435 e. The first-order chi connectivity index (χ1) is 9.27. The summed E-state index contributed by atoms with van der Waals surface area (Å²) in [4.78, 5) is 12.7. The molecule has 0 bridgehead atoms. The van der Waals surface area contributed by atoms with Gasteiger partial charge in [0.05, 0.1) is 0 Å². The first-order valence-electron chi connectivity index (χ1n) is 5.56. The molecule has 2 rings (SSSR count). The van der Waals surface area contributed by atoms with Crippen LogP contribution < -0.4 is 9.64 Å². The van der Waals surface area contributed by atoms with E-state index in [9.17, 15) is 25.9 Å². The van der Waals surface area contributed by atoms with Crippen molar-refractivity contribution >= 4 is 21.8 Å². The highest BCUT2D eigenvalue weighted by atomic mass is 32.3. The van der Waals surface area contributed by atoms with E-state index >= 15 is 0 Å². The second-order valence-electron chi connectivity index (χ2n) is 4.18. The molecule has 1 unspecified atom stereocenters. The molecule has 1 fully saturated rings. The van der Waals surface area contributed by atoms with E-state index in [1.807, 2.05) is 0 Å². The lowest BCUT2D eigenvalue weighted by atomic mass is 10.3. The van der Waals surface area contributed by atoms with Crippen molar-refractivity contribution in [2.75, 3.05) is 11.4 Å². The molecule has 1 heterocycles. The van der Waals surface area contributed by atoms with Crippen LogP contribution in [0.2, 0.25) is 0 Å². The Kier molecular flexibility index (Phi) is 3.89. The molecule has 0 aromatic heterocycles. The number of carbonyl (C=O) groups is 1. The number of nitrogens with zero attached hydrogens (tertiary/aromatic N) is 1. The van der Waals surface area contributed by atoms with Gasteiger partial charge in [-0.25, -0.2) is 0 Å². The van der Waals surface area contributed by atoms with E-state index in [4.69, 9.17) is 0 Å². The van der Waals surface area contributed by atoms with Crippen molar-refractivity contribution < 1.29 is 30.6 Å². The Morgan fingerprint density at radius 1 is 1.35 bits per heavy atom. The van der Waals surface area contributed by atoms with Gasteiger partial charge in [0.1, 0.15) is 11.0 Å². The fraction of sp³-hybridized carbons (Fsp3) is 0.364. The lowest BCUT2D eigenvalue weighted by molar-refractivity contribution is -0.117. The zero-order valence-electron chi connectivity index (χ0n) is 10.0. The number of benzene rings is 1. The third-order valence-corrected chi connectivity index (χ3v) is 3.95.